The zero-order chi connectivity index (χ0) is 16.2. The number of rotatable bonds is 4. The van der Waals surface area contributed by atoms with E-state index in [2.05, 4.69) is 15.4 Å². The monoisotopic (exact) mass is 313 g/mol. The number of urea groups is 1. The van der Waals surface area contributed by atoms with Crippen molar-refractivity contribution in [2.24, 2.45) is 13.0 Å². The Morgan fingerprint density at radius 2 is 2.35 bits per heavy atom. The fraction of sp³-hybridized carbons (Fsp3) is 0.471. The number of nitrogens with zero attached hydrogens (tertiary/aromatic N) is 4. The Kier molecular flexibility index (Phi) is 4.60. The summed E-state index contributed by atoms with van der Waals surface area (Å²) in [6, 6.07) is 5.66. The molecule has 0 aliphatic carbocycles. The van der Waals surface area contributed by atoms with Crippen molar-refractivity contribution in [3.8, 4) is 0 Å². The molecule has 2 atom stereocenters. The van der Waals surface area contributed by atoms with E-state index in [0.717, 1.165) is 31.6 Å². The van der Waals surface area contributed by atoms with Crippen LogP contribution in [0.1, 0.15) is 30.6 Å². The molecule has 6 heteroatoms. The molecule has 2 aromatic rings. The average Bonchev–Trinajstić information content (AvgIpc) is 3.18. The summed E-state index contributed by atoms with van der Waals surface area (Å²) >= 11 is 0. The van der Waals surface area contributed by atoms with Gasteiger partial charge in [0.15, 0.2) is 0 Å². The molecule has 1 N–H and O–H groups in total. The Morgan fingerprint density at radius 1 is 1.48 bits per heavy atom. The maximum atomic E-state index is 12.4. The first-order valence-electron chi connectivity index (χ1n) is 8.05. The van der Waals surface area contributed by atoms with Crippen molar-refractivity contribution < 1.29 is 4.79 Å². The van der Waals surface area contributed by atoms with E-state index in [-0.39, 0.29) is 12.1 Å². The second-order valence-corrected chi connectivity index (χ2v) is 6.25. The van der Waals surface area contributed by atoms with Crippen LogP contribution in [0.25, 0.3) is 0 Å². The molecule has 3 rings (SSSR count). The number of carbonyl (C=O) groups is 1. The molecule has 0 spiro atoms. The van der Waals surface area contributed by atoms with Crippen LogP contribution in [-0.2, 0) is 13.5 Å². The zero-order valence-corrected chi connectivity index (χ0v) is 13.6. The Bertz CT molecular complexity index is 654. The molecule has 2 amide bonds. The second kappa shape index (κ2) is 6.81. The fourth-order valence-electron chi connectivity index (χ4n) is 3.08. The Morgan fingerprint density at radius 3 is 3.04 bits per heavy atom. The van der Waals surface area contributed by atoms with Gasteiger partial charge < -0.3 is 10.2 Å². The largest absolute Gasteiger partial charge is 0.330 e. The highest BCUT2D eigenvalue weighted by atomic mass is 16.2. The number of likely N-dealkylation sites (tertiary alicyclic amines) is 1. The van der Waals surface area contributed by atoms with Gasteiger partial charge >= 0.3 is 6.03 Å². The van der Waals surface area contributed by atoms with E-state index < -0.39 is 0 Å². The Hall–Kier alpha value is -2.37. The first-order valence-corrected chi connectivity index (χ1v) is 8.05. The van der Waals surface area contributed by atoms with Gasteiger partial charge in [0.05, 0.1) is 17.9 Å². The van der Waals surface area contributed by atoms with Crippen molar-refractivity contribution in [1.82, 2.24) is 25.0 Å². The smallest absolute Gasteiger partial charge is 0.317 e. The lowest BCUT2D eigenvalue weighted by molar-refractivity contribution is 0.203. The molecular formula is C17H23N5O. The molecule has 6 nitrogen and oxygen atoms in total. The van der Waals surface area contributed by atoms with Crippen LogP contribution in [-0.4, -0.2) is 38.8 Å². The first kappa shape index (κ1) is 15.5. The number of aromatic nitrogens is 3. The molecule has 1 saturated heterocycles. The van der Waals surface area contributed by atoms with E-state index in [4.69, 9.17) is 0 Å². The van der Waals surface area contributed by atoms with Gasteiger partial charge in [-0.15, -0.1) is 0 Å². The van der Waals surface area contributed by atoms with Gasteiger partial charge in [-0.25, -0.2) is 4.79 Å². The molecule has 1 aliphatic heterocycles. The van der Waals surface area contributed by atoms with Gasteiger partial charge in [0, 0.05) is 32.5 Å². The predicted molar refractivity (Wildman–Crippen MR) is 87.8 cm³/mol. The van der Waals surface area contributed by atoms with E-state index in [0.29, 0.717) is 5.92 Å². The summed E-state index contributed by atoms with van der Waals surface area (Å²) in [4.78, 5) is 18.6. The number of hydrogen-bond donors (Lipinski definition) is 1. The second-order valence-electron chi connectivity index (χ2n) is 6.25. The highest BCUT2D eigenvalue weighted by Crippen LogP contribution is 2.21. The number of amides is 2. The number of carbonyl (C=O) groups excluding carboxylic acids is 1. The number of aryl methyl sites for hydroxylation is 1. The lowest BCUT2D eigenvalue weighted by atomic mass is 10.0. The van der Waals surface area contributed by atoms with E-state index in [9.17, 15) is 4.79 Å². The molecule has 0 radical (unpaired) electrons. The van der Waals surface area contributed by atoms with E-state index in [1.165, 1.54) is 5.56 Å². The van der Waals surface area contributed by atoms with Crippen LogP contribution in [0.5, 0.6) is 0 Å². The summed E-state index contributed by atoms with van der Waals surface area (Å²) in [6.07, 6.45) is 7.73. The van der Waals surface area contributed by atoms with Crippen LogP contribution in [0.15, 0.2) is 36.8 Å². The van der Waals surface area contributed by atoms with E-state index in [1.807, 2.05) is 54.1 Å². The lowest BCUT2D eigenvalue weighted by Gasteiger charge is -2.20. The van der Waals surface area contributed by atoms with Gasteiger partial charge in [-0.3, -0.25) is 9.67 Å². The summed E-state index contributed by atoms with van der Waals surface area (Å²) < 4.78 is 1.82. The summed E-state index contributed by atoms with van der Waals surface area (Å²) in [6.45, 7) is 3.57. The lowest BCUT2D eigenvalue weighted by Crippen LogP contribution is -2.40. The molecule has 0 unspecified atom stereocenters. The van der Waals surface area contributed by atoms with Crippen molar-refractivity contribution >= 4 is 6.03 Å². The molecule has 0 saturated carbocycles. The zero-order valence-electron chi connectivity index (χ0n) is 13.6. The highest BCUT2D eigenvalue weighted by molar-refractivity contribution is 5.74. The molecule has 0 aromatic carbocycles. The maximum Gasteiger partial charge on any atom is 0.317 e. The summed E-state index contributed by atoms with van der Waals surface area (Å²) in [7, 11) is 1.93. The minimum absolute atomic E-state index is 0.00293. The van der Waals surface area contributed by atoms with Crippen molar-refractivity contribution in [3.05, 3.63) is 48.0 Å². The minimum atomic E-state index is -0.0823. The molecule has 3 heterocycles. The van der Waals surface area contributed by atoms with E-state index in [1.54, 1.807) is 6.20 Å². The third-order valence-electron chi connectivity index (χ3n) is 4.33. The fourth-order valence-corrected chi connectivity index (χ4v) is 3.08. The van der Waals surface area contributed by atoms with Crippen molar-refractivity contribution in [1.29, 1.82) is 0 Å². The maximum absolute atomic E-state index is 12.4. The highest BCUT2D eigenvalue weighted by Gasteiger charge is 2.27. The standard InChI is InChI=1S/C17H23N5O/c1-13(16-5-3-4-7-18-16)20-17(23)22-8-6-14(12-22)9-15-10-19-21(2)11-15/h3-5,7,10-11,13-14H,6,8-9,12H2,1-2H3,(H,20,23)/t13-,14+/m1/s1. The molecule has 0 bridgehead atoms. The van der Waals surface area contributed by atoms with Crippen LogP contribution in [0.3, 0.4) is 0 Å². The van der Waals surface area contributed by atoms with Gasteiger partial charge in [0.25, 0.3) is 0 Å². The quantitative estimate of drug-likeness (QED) is 0.941. The van der Waals surface area contributed by atoms with Gasteiger partial charge in [0.2, 0.25) is 0 Å². The topological polar surface area (TPSA) is 63.1 Å². The Labute approximate surface area is 136 Å². The normalized spacial score (nSPS) is 18.9. The number of hydrogen-bond acceptors (Lipinski definition) is 3. The SMILES string of the molecule is C[C@@H](NC(=O)N1CC[C@@H](Cc2cnn(C)c2)C1)c1ccccn1. The van der Waals surface area contributed by atoms with Crippen LogP contribution < -0.4 is 5.32 Å². The third kappa shape index (κ3) is 3.88. The summed E-state index contributed by atoms with van der Waals surface area (Å²) in [5.41, 5.74) is 2.12. The molecular weight excluding hydrogens is 290 g/mol. The third-order valence-corrected chi connectivity index (χ3v) is 4.33. The number of pyridine rings is 1. The number of nitrogens with one attached hydrogen (secondary N) is 1. The molecule has 122 valence electrons. The van der Waals surface area contributed by atoms with E-state index >= 15 is 0 Å². The predicted octanol–water partition coefficient (Wildman–Crippen LogP) is 2.15. The summed E-state index contributed by atoms with van der Waals surface area (Å²) in [5, 5.41) is 7.24. The first-order chi connectivity index (χ1) is 11.1. The van der Waals surface area contributed by atoms with Crippen molar-refractivity contribution in [2.45, 2.75) is 25.8 Å². The summed E-state index contributed by atoms with van der Waals surface area (Å²) in [5.74, 6) is 0.509. The van der Waals surface area contributed by atoms with Crippen LogP contribution in [0.4, 0.5) is 4.79 Å². The van der Waals surface area contributed by atoms with Gasteiger partial charge in [-0.05, 0) is 43.4 Å². The van der Waals surface area contributed by atoms with Gasteiger partial charge in [-0.1, -0.05) is 6.07 Å². The van der Waals surface area contributed by atoms with Crippen LogP contribution in [0, 0.1) is 5.92 Å². The van der Waals surface area contributed by atoms with Gasteiger partial charge in [-0.2, -0.15) is 5.10 Å². The average molecular weight is 313 g/mol. The van der Waals surface area contributed by atoms with Crippen molar-refractivity contribution in [2.75, 3.05) is 13.1 Å². The van der Waals surface area contributed by atoms with Crippen LogP contribution in [0.2, 0.25) is 0 Å². The van der Waals surface area contributed by atoms with Crippen LogP contribution >= 0.6 is 0 Å². The van der Waals surface area contributed by atoms with Crippen molar-refractivity contribution in [3.63, 3.8) is 0 Å². The van der Waals surface area contributed by atoms with Gasteiger partial charge in [0.1, 0.15) is 0 Å². The Balaban J connectivity index is 1.51. The molecule has 1 fully saturated rings. The molecule has 1 aliphatic rings. The molecule has 2 aromatic heterocycles. The molecule has 23 heavy (non-hydrogen) atoms. The minimum Gasteiger partial charge on any atom is -0.330 e.